The van der Waals surface area contributed by atoms with E-state index < -0.39 is 77.2 Å². The molecular weight excluding hydrogens is 807 g/mol. The molecule has 1 aromatic carbocycles. The van der Waals surface area contributed by atoms with Crippen LogP contribution in [0.2, 0.25) is 0 Å². The largest absolute Gasteiger partial charge is 0.460 e. The number of carbonyl (C=O) groups is 4. The predicted octanol–water partition coefficient (Wildman–Crippen LogP) is 6.30. The van der Waals surface area contributed by atoms with Gasteiger partial charge >= 0.3 is 11.9 Å². The lowest BCUT2D eigenvalue weighted by Crippen LogP contribution is -2.70. The number of likely N-dealkylation sites (tertiary alicyclic amines) is 1. The van der Waals surface area contributed by atoms with Crippen molar-refractivity contribution in [3.63, 3.8) is 0 Å². The maximum atomic E-state index is 15.7. The number of hydrogen-bond donors (Lipinski definition) is 2. The summed E-state index contributed by atoms with van der Waals surface area (Å²) >= 11 is 0. The number of aliphatic hydroxyl groups is 1. The molecule has 14 heteroatoms. The summed E-state index contributed by atoms with van der Waals surface area (Å²) in [6, 6.07) is 5.40. The van der Waals surface area contributed by atoms with E-state index in [0.29, 0.717) is 50.4 Å². The van der Waals surface area contributed by atoms with E-state index >= 15 is 4.79 Å². The Morgan fingerprint density at radius 3 is 2.44 bits per heavy atom. The fourth-order valence-corrected chi connectivity index (χ4v) is 11.3. The number of hydroxylamine groups is 2. The third kappa shape index (κ3) is 9.77. The zero-order valence-electron chi connectivity index (χ0n) is 38.1. The molecule has 2 N–H and O–H groups in total. The lowest BCUT2D eigenvalue weighted by molar-refractivity contribution is -0.225. The first-order valence-corrected chi connectivity index (χ1v) is 24.1. The van der Waals surface area contributed by atoms with Crippen LogP contribution >= 0.6 is 0 Å². The van der Waals surface area contributed by atoms with Crippen molar-refractivity contribution >= 4 is 29.8 Å². The number of unbranched alkanes of at least 4 members (excludes halogenated alkanes) is 4. The van der Waals surface area contributed by atoms with Gasteiger partial charge in [-0.2, -0.15) is 5.06 Å². The topological polar surface area (TPSA) is 166 Å². The molecule has 5 unspecified atom stereocenters. The van der Waals surface area contributed by atoms with E-state index in [-0.39, 0.29) is 38.3 Å². The molecule has 2 saturated carbocycles. The summed E-state index contributed by atoms with van der Waals surface area (Å²) < 4.78 is 31.7. The SMILES string of the molecule is CCCCCC1(CCCCC)O[C@@H]2[C@H]3ON(Cc4ccccc4C=CC4CCC5OC5C4)[C@H]4C(=O)OC(CC34C(=O)N3CCC[C@@H]3C(=O)N[C@H](CO)CCC(=O)OC(C)(C)C)[C@@H]2O1. The maximum absolute atomic E-state index is 15.7. The number of aliphatic hydroxyl groups excluding tert-OH is 1. The van der Waals surface area contributed by atoms with Gasteiger partial charge in [-0.25, -0.2) is 0 Å². The molecule has 63 heavy (non-hydrogen) atoms. The van der Waals surface area contributed by atoms with Crippen LogP contribution < -0.4 is 5.32 Å². The summed E-state index contributed by atoms with van der Waals surface area (Å²) in [5, 5.41) is 14.8. The van der Waals surface area contributed by atoms with E-state index in [1.54, 1.807) is 30.7 Å². The Kier molecular flexibility index (Phi) is 14.1. The number of epoxide rings is 1. The van der Waals surface area contributed by atoms with Crippen molar-refractivity contribution < 1.29 is 52.8 Å². The second-order valence-electron chi connectivity index (χ2n) is 20.2. The van der Waals surface area contributed by atoms with Crippen LogP contribution in [0.5, 0.6) is 0 Å². The monoisotopic (exact) mass is 878 g/mol. The normalized spacial score (nSPS) is 33.5. The van der Waals surface area contributed by atoms with Gasteiger partial charge in [-0.15, -0.1) is 0 Å². The molecular formula is C49H71N3O11. The number of fused-ring (bicyclic) bond motifs is 5. The number of allylic oxidation sites excluding steroid dienone is 1. The Balaban J connectivity index is 1.09. The summed E-state index contributed by atoms with van der Waals surface area (Å²) in [4.78, 5) is 65.6. The van der Waals surface area contributed by atoms with Gasteiger partial charge in [0.2, 0.25) is 11.8 Å². The highest BCUT2D eigenvalue weighted by molar-refractivity contribution is 5.96. The van der Waals surface area contributed by atoms with Gasteiger partial charge in [-0.1, -0.05) is 75.9 Å². The zero-order chi connectivity index (χ0) is 44.5. The summed E-state index contributed by atoms with van der Waals surface area (Å²) in [6.45, 7) is 9.83. The highest BCUT2D eigenvalue weighted by Gasteiger charge is 2.77. The van der Waals surface area contributed by atoms with Crippen LogP contribution in [0.1, 0.15) is 148 Å². The van der Waals surface area contributed by atoms with Crippen molar-refractivity contribution in [1.29, 1.82) is 0 Å². The highest BCUT2D eigenvalue weighted by atomic mass is 16.8. The number of ether oxygens (including phenoxy) is 5. The van der Waals surface area contributed by atoms with E-state index in [4.69, 9.17) is 28.5 Å². The molecule has 5 heterocycles. The van der Waals surface area contributed by atoms with E-state index in [1.165, 1.54) is 0 Å². The number of nitrogens with zero attached hydrogens (tertiary/aromatic N) is 2. The zero-order valence-corrected chi connectivity index (χ0v) is 38.1. The first-order chi connectivity index (χ1) is 30.3. The predicted molar refractivity (Wildman–Crippen MR) is 232 cm³/mol. The molecule has 2 aliphatic carbocycles. The number of hydrogen-bond acceptors (Lipinski definition) is 12. The van der Waals surface area contributed by atoms with Gasteiger partial charge in [0.05, 0.1) is 31.4 Å². The van der Waals surface area contributed by atoms with Crippen LogP contribution in [0.15, 0.2) is 30.3 Å². The van der Waals surface area contributed by atoms with Crippen molar-refractivity contribution in [3.05, 3.63) is 41.5 Å². The molecule has 7 fully saturated rings. The molecule has 1 aromatic rings. The van der Waals surface area contributed by atoms with Gasteiger partial charge in [0.25, 0.3) is 0 Å². The van der Waals surface area contributed by atoms with Gasteiger partial charge < -0.3 is 39.0 Å². The summed E-state index contributed by atoms with van der Waals surface area (Å²) in [5.74, 6) is -2.20. The van der Waals surface area contributed by atoms with Gasteiger partial charge in [0.1, 0.15) is 41.5 Å². The van der Waals surface area contributed by atoms with Crippen LogP contribution in [-0.4, -0.2) is 118 Å². The molecule has 0 spiro atoms. The molecule has 0 radical (unpaired) electrons. The average molecular weight is 878 g/mol. The van der Waals surface area contributed by atoms with Crippen molar-refractivity contribution in [2.75, 3.05) is 13.2 Å². The Bertz CT molecular complexity index is 1840. The first-order valence-electron chi connectivity index (χ1n) is 24.1. The Morgan fingerprint density at radius 2 is 1.73 bits per heavy atom. The Labute approximate surface area is 373 Å². The maximum Gasteiger partial charge on any atom is 0.327 e. The molecule has 2 amide bonds. The van der Waals surface area contributed by atoms with Crippen LogP contribution in [0.3, 0.4) is 0 Å². The molecule has 8 rings (SSSR count). The summed E-state index contributed by atoms with van der Waals surface area (Å²) in [6.07, 6.45) is 14.1. The van der Waals surface area contributed by atoms with Crippen LogP contribution in [0, 0.1) is 11.3 Å². The fraction of sp³-hybridized carbons (Fsp3) is 0.755. The van der Waals surface area contributed by atoms with Crippen LogP contribution in [-0.2, 0) is 54.2 Å². The molecule has 14 nitrogen and oxygen atoms in total. The second kappa shape index (κ2) is 19.2. The van der Waals surface area contributed by atoms with Crippen LogP contribution in [0.25, 0.3) is 6.08 Å². The number of rotatable bonds is 19. The fourth-order valence-electron chi connectivity index (χ4n) is 11.3. The van der Waals surface area contributed by atoms with Gasteiger partial charge in [-0.05, 0) is 89.2 Å². The number of amides is 2. The summed E-state index contributed by atoms with van der Waals surface area (Å²) in [7, 11) is 0. The number of carbonyl (C=O) groups excluding carboxylic acids is 4. The number of esters is 2. The standard InChI is InChI=1S/C49H71N3O11/c1-6-8-12-24-48(25-13-9-7-2)61-40-38-28-49(46(57)51-26-14-17-35(51)44(55)50-34(30-53)21-23-39(54)60-47(3,4)5)42(45(56)59-38)52(63-43(49)41(40)62-48)29-33-16-11-10-15-32(33)20-18-31-19-22-36-37(27-31)58-36/h10-11,15-16,18,20,31,34-38,40-43,53H,6-9,12-14,17,19,21-30H2,1-5H3,(H,50,55)/t31?,34-,35+,36?,37?,38?,40-,41-,42-,43+,49?/m0/s1. The van der Waals surface area contributed by atoms with Crippen molar-refractivity contribution in [2.24, 2.45) is 11.3 Å². The molecule has 5 aliphatic heterocycles. The first kappa shape index (κ1) is 46.1. The third-order valence-electron chi connectivity index (χ3n) is 14.4. The Morgan fingerprint density at radius 1 is 0.984 bits per heavy atom. The van der Waals surface area contributed by atoms with E-state index in [9.17, 15) is 19.5 Å². The van der Waals surface area contributed by atoms with E-state index in [2.05, 4.69) is 37.4 Å². The molecule has 5 saturated heterocycles. The molecule has 2 bridgehead atoms. The minimum Gasteiger partial charge on any atom is -0.460 e. The van der Waals surface area contributed by atoms with Gasteiger partial charge in [-0.3, -0.25) is 24.0 Å². The second-order valence-corrected chi connectivity index (χ2v) is 20.2. The molecule has 0 aromatic heterocycles. The van der Waals surface area contributed by atoms with Crippen molar-refractivity contribution in [3.8, 4) is 0 Å². The van der Waals surface area contributed by atoms with Crippen molar-refractivity contribution in [1.82, 2.24) is 15.3 Å². The molecule has 7 aliphatic rings. The van der Waals surface area contributed by atoms with Gasteiger partial charge in [0, 0.05) is 32.2 Å². The minimum absolute atomic E-state index is 0.0115. The van der Waals surface area contributed by atoms with Crippen molar-refractivity contribution in [2.45, 2.75) is 210 Å². The minimum atomic E-state index is -1.43. The Hall–Kier alpha value is -3.40. The summed E-state index contributed by atoms with van der Waals surface area (Å²) in [5.41, 5.74) is -0.150. The third-order valence-corrected chi connectivity index (χ3v) is 14.4. The lowest BCUT2D eigenvalue weighted by atomic mass is 9.62. The molecule has 11 atom stereocenters. The smallest absolute Gasteiger partial charge is 0.327 e. The lowest BCUT2D eigenvalue weighted by Gasteiger charge is -2.50. The van der Waals surface area contributed by atoms with E-state index in [0.717, 1.165) is 68.9 Å². The number of nitrogens with one attached hydrogen (secondary N) is 1. The van der Waals surface area contributed by atoms with E-state index in [1.807, 2.05) is 18.2 Å². The molecule has 348 valence electrons. The van der Waals surface area contributed by atoms with Gasteiger partial charge in [0.15, 0.2) is 11.8 Å². The quantitative estimate of drug-likeness (QED) is 0.0907. The highest BCUT2D eigenvalue weighted by Crippen LogP contribution is 2.59. The average Bonchev–Trinajstić information content (AvgIpc) is 3.51. The van der Waals surface area contributed by atoms with Crippen LogP contribution in [0.4, 0.5) is 0 Å². The number of benzene rings is 1.